The summed E-state index contributed by atoms with van der Waals surface area (Å²) < 4.78 is 5.68. The molecule has 1 unspecified atom stereocenters. The first-order valence-electron chi connectivity index (χ1n) is 9.74. The van der Waals surface area contributed by atoms with Crippen LogP contribution in [-0.2, 0) is 9.53 Å². The van der Waals surface area contributed by atoms with E-state index in [-0.39, 0.29) is 42.5 Å². The van der Waals surface area contributed by atoms with Gasteiger partial charge in [0, 0.05) is 33.8 Å². The van der Waals surface area contributed by atoms with Crippen LogP contribution < -0.4 is 10.6 Å². The van der Waals surface area contributed by atoms with Crippen molar-refractivity contribution < 1.29 is 9.53 Å². The number of ether oxygens (including phenoxy) is 1. The molecule has 152 valence electrons. The average Bonchev–Trinajstić information content (AvgIpc) is 3.03. The number of likely N-dealkylation sites (N-methyl/N-ethyl adjacent to an activating group) is 1. The van der Waals surface area contributed by atoms with E-state index < -0.39 is 0 Å². The second-order valence-electron chi connectivity index (χ2n) is 8.27. The van der Waals surface area contributed by atoms with Crippen LogP contribution in [0.5, 0.6) is 0 Å². The van der Waals surface area contributed by atoms with Crippen LogP contribution in [0.15, 0.2) is 4.99 Å². The third-order valence-corrected chi connectivity index (χ3v) is 5.28. The van der Waals surface area contributed by atoms with Gasteiger partial charge in [0.2, 0.25) is 5.91 Å². The van der Waals surface area contributed by atoms with Gasteiger partial charge in [-0.2, -0.15) is 0 Å². The van der Waals surface area contributed by atoms with E-state index in [1.807, 2.05) is 0 Å². The van der Waals surface area contributed by atoms with Crippen molar-refractivity contribution in [2.75, 3.05) is 40.3 Å². The molecule has 0 aromatic heterocycles. The number of nitrogens with one attached hydrogen (secondary N) is 2. The van der Waals surface area contributed by atoms with E-state index in [9.17, 15) is 4.79 Å². The Balaban J connectivity index is 0.00000338. The Morgan fingerprint density at radius 3 is 2.50 bits per heavy atom. The zero-order valence-electron chi connectivity index (χ0n) is 16.8. The fourth-order valence-electron chi connectivity index (χ4n) is 3.75. The second-order valence-corrected chi connectivity index (χ2v) is 8.27. The highest BCUT2D eigenvalue weighted by Gasteiger charge is 2.37. The lowest BCUT2D eigenvalue weighted by Gasteiger charge is -2.43. The van der Waals surface area contributed by atoms with Crippen LogP contribution in [0.1, 0.15) is 52.4 Å². The molecule has 1 aliphatic heterocycles. The average molecular weight is 480 g/mol. The predicted molar refractivity (Wildman–Crippen MR) is 117 cm³/mol. The lowest BCUT2D eigenvalue weighted by atomic mass is 9.64. The smallest absolute Gasteiger partial charge is 0.243 e. The summed E-state index contributed by atoms with van der Waals surface area (Å²) in [4.78, 5) is 17.9. The third-order valence-electron chi connectivity index (χ3n) is 5.28. The zero-order valence-corrected chi connectivity index (χ0v) is 19.2. The van der Waals surface area contributed by atoms with E-state index in [1.54, 1.807) is 19.0 Å². The lowest BCUT2D eigenvalue weighted by Crippen LogP contribution is -2.48. The molecule has 2 fully saturated rings. The van der Waals surface area contributed by atoms with Gasteiger partial charge in [0.25, 0.3) is 0 Å². The molecule has 26 heavy (non-hydrogen) atoms. The maximum Gasteiger partial charge on any atom is 0.243 e. The van der Waals surface area contributed by atoms with E-state index in [2.05, 4.69) is 29.5 Å². The van der Waals surface area contributed by atoms with E-state index in [1.165, 1.54) is 25.7 Å². The van der Waals surface area contributed by atoms with Crippen molar-refractivity contribution in [2.45, 2.75) is 58.5 Å². The van der Waals surface area contributed by atoms with Crippen LogP contribution in [0.4, 0.5) is 0 Å². The van der Waals surface area contributed by atoms with Crippen molar-refractivity contribution in [1.82, 2.24) is 15.5 Å². The van der Waals surface area contributed by atoms with Gasteiger partial charge >= 0.3 is 0 Å². The zero-order chi connectivity index (χ0) is 18.3. The molecule has 0 bridgehead atoms. The van der Waals surface area contributed by atoms with Crippen LogP contribution in [0.3, 0.4) is 0 Å². The highest BCUT2D eigenvalue weighted by molar-refractivity contribution is 14.0. The summed E-state index contributed by atoms with van der Waals surface area (Å²) in [7, 11) is 3.52. The Bertz CT molecular complexity index is 458. The van der Waals surface area contributed by atoms with Gasteiger partial charge in [-0.1, -0.05) is 20.3 Å². The minimum Gasteiger partial charge on any atom is -0.376 e. The number of rotatable bonds is 8. The fourth-order valence-corrected chi connectivity index (χ4v) is 3.75. The molecule has 1 saturated carbocycles. The number of carbonyl (C=O) groups excluding carboxylic acids is 1. The SMILES string of the molecule is CC(C)CC1(CNC(=NCC(=O)N(C)C)NCC2CCCO2)CCC1.I. The van der Waals surface area contributed by atoms with Crippen LogP contribution in [0, 0.1) is 11.3 Å². The molecule has 2 aliphatic rings. The van der Waals surface area contributed by atoms with Gasteiger partial charge < -0.3 is 20.3 Å². The van der Waals surface area contributed by atoms with Gasteiger partial charge in [0.15, 0.2) is 5.96 Å². The highest BCUT2D eigenvalue weighted by Crippen LogP contribution is 2.45. The summed E-state index contributed by atoms with van der Waals surface area (Å²) in [6, 6.07) is 0. The van der Waals surface area contributed by atoms with Crippen molar-refractivity contribution in [2.24, 2.45) is 16.3 Å². The van der Waals surface area contributed by atoms with Crippen molar-refractivity contribution in [3.63, 3.8) is 0 Å². The van der Waals surface area contributed by atoms with Crippen molar-refractivity contribution >= 4 is 35.8 Å². The topological polar surface area (TPSA) is 66.0 Å². The summed E-state index contributed by atoms with van der Waals surface area (Å²) in [5, 5.41) is 6.87. The van der Waals surface area contributed by atoms with Crippen molar-refractivity contribution in [3.05, 3.63) is 0 Å². The first-order chi connectivity index (χ1) is 11.9. The number of nitrogens with zero attached hydrogens (tertiary/aromatic N) is 2. The number of hydrogen-bond acceptors (Lipinski definition) is 3. The maximum atomic E-state index is 11.9. The molecule has 1 heterocycles. The van der Waals surface area contributed by atoms with Crippen LogP contribution in [0.2, 0.25) is 0 Å². The summed E-state index contributed by atoms with van der Waals surface area (Å²) in [6.45, 7) is 7.28. The molecule has 0 spiro atoms. The number of aliphatic imine (C=N–C) groups is 1. The molecule has 0 radical (unpaired) electrons. The van der Waals surface area contributed by atoms with Crippen LogP contribution in [0.25, 0.3) is 0 Å². The summed E-state index contributed by atoms with van der Waals surface area (Å²) in [6.07, 6.45) is 7.61. The molecule has 6 nitrogen and oxygen atoms in total. The molecule has 1 amide bonds. The second kappa shape index (κ2) is 11.3. The van der Waals surface area contributed by atoms with Gasteiger partial charge in [-0.05, 0) is 43.4 Å². The minimum absolute atomic E-state index is 0. The number of halogens is 1. The Kier molecular flexibility index (Phi) is 10.2. The van der Waals surface area contributed by atoms with Crippen LogP contribution in [-0.4, -0.2) is 63.2 Å². The first-order valence-corrected chi connectivity index (χ1v) is 9.74. The third kappa shape index (κ3) is 7.58. The standard InChI is InChI=1S/C19H36N4O2.HI/c1-15(2)11-19(8-6-9-19)14-22-18(21-13-17(24)23(3)4)20-12-16-7-5-10-25-16;/h15-16H,5-14H2,1-4H3,(H2,20,21,22);1H. The number of hydrogen-bond donors (Lipinski definition) is 2. The Hall–Kier alpha value is -0.570. The number of amides is 1. The molecule has 2 N–H and O–H groups in total. The maximum absolute atomic E-state index is 11.9. The van der Waals surface area contributed by atoms with Crippen molar-refractivity contribution in [3.8, 4) is 0 Å². The van der Waals surface area contributed by atoms with Crippen molar-refractivity contribution in [1.29, 1.82) is 0 Å². The summed E-state index contributed by atoms with van der Waals surface area (Å²) in [5.74, 6) is 1.46. The molecule has 1 atom stereocenters. The Labute approximate surface area is 175 Å². The first kappa shape index (κ1) is 23.5. The molecule has 1 saturated heterocycles. The van der Waals surface area contributed by atoms with E-state index >= 15 is 0 Å². The quantitative estimate of drug-likeness (QED) is 0.319. The van der Waals surface area contributed by atoms with Gasteiger partial charge in [-0.25, -0.2) is 4.99 Å². The summed E-state index contributed by atoms with van der Waals surface area (Å²) in [5.41, 5.74) is 0.395. The number of carbonyl (C=O) groups is 1. The van der Waals surface area contributed by atoms with Gasteiger partial charge in [0.1, 0.15) is 6.54 Å². The summed E-state index contributed by atoms with van der Waals surface area (Å²) >= 11 is 0. The Morgan fingerprint density at radius 1 is 1.27 bits per heavy atom. The molecule has 1 aliphatic carbocycles. The van der Waals surface area contributed by atoms with Gasteiger partial charge in [-0.15, -0.1) is 24.0 Å². The van der Waals surface area contributed by atoms with E-state index in [0.717, 1.165) is 38.5 Å². The lowest BCUT2D eigenvalue weighted by molar-refractivity contribution is -0.127. The Morgan fingerprint density at radius 2 is 2.00 bits per heavy atom. The molecular formula is C19H37IN4O2. The molecular weight excluding hydrogens is 443 g/mol. The molecule has 2 rings (SSSR count). The van der Waals surface area contributed by atoms with E-state index in [4.69, 9.17) is 4.74 Å². The van der Waals surface area contributed by atoms with Crippen LogP contribution >= 0.6 is 24.0 Å². The molecule has 7 heteroatoms. The minimum atomic E-state index is 0. The molecule has 0 aromatic rings. The normalized spacial score (nSPS) is 21.7. The van der Waals surface area contributed by atoms with E-state index in [0.29, 0.717) is 11.3 Å². The largest absolute Gasteiger partial charge is 0.376 e. The monoisotopic (exact) mass is 480 g/mol. The highest BCUT2D eigenvalue weighted by atomic mass is 127. The van der Waals surface area contributed by atoms with Gasteiger partial charge in [-0.3, -0.25) is 4.79 Å². The molecule has 0 aromatic carbocycles. The van der Waals surface area contributed by atoms with Gasteiger partial charge in [0.05, 0.1) is 6.10 Å². The fraction of sp³-hybridized carbons (Fsp3) is 0.895. The predicted octanol–water partition coefficient (Wildman–Crippen LogP) is 2.62. The number of guanidine groups is 1.